The molecule has 3 rings (SSSR count). The molecule has 2 heteroatoms. The van der Waals surface area contributed by atoms with Gasteiger partial charge in [-0.1, -0.05) is 60.2 Å². The lowest BCUT2D eigenvalue weighted by Crippen LogP contribution is -2.18. The van der Waals surface area contributed by atoms with Gasteiger partial charge in [-0.05, 0) is 31.9 Å². The molecule has 0 radical (unpaired) electrons. The van der Waals surface area contributed by atoms with Crippen molar-refractivity contribution in [2.24, 2.45) is 4.99 Å². The number of hydrogen-bond donors (Lipinski definition) is 0. The monoisotopic (exact) mass is 265 g/mol. The van der Waals surface area contributed by atoms with Gasteiger partial charge in [-0.3, -0.25) is 4.99 Å². The van der Waals surface area contributed by atoms with E-state index in [9.17, 15) is 0 Å². The molecule has 0 fully saturated rings. The number of rotatable bonds is 2. The highest BCUT2D eigenvalue weighted by molar-refractivity contribution is 6.05. The van der Waals surface area contributed by atoms with E-state index in [2.05, 4.69) is 43.3 Å². The quantitative estimate of drug-likeness (QED) is 0.793. The Bertz CT molecular complexity index is 626. The van der Waals surface area contributed by atoms with Crippen molar-refractivity contribution in [3.8, 4) is 0 Å². The van der Waals surface area contributed by atoms with Gasteiger partial charge < -0.3 is 4.74 Å². The molecule has 0 amide bonds. The standard InChI is InChI=1S/C18H19NO/c1-13-9-11-15(12-10-13)17-16(19-18(2,3)20-17)14-7-5-4-6-8-14/h4-12,17H,1-3H3. The second kappa shape index (κ2) is 4.88. The first-order chi connectivity index (χ1) is 9.55. The normalized spacial score (nSPS) is 20.8. The number of ether oxygens (including phenoxy) is 1. The molecule has 1 atom stereocenters. The summed E-state index contributed by atoms with van der Waals surface area (Å²) in [7, 11) is 0. The Balaban J connectivity index is 2.02. The van der Waals surface area contributed by atoms with Crippen molar-refractivity contribution in [1.82, 2.24) is 0 Å². The highest BCUT2D eigenvalue weighted by Gasteiger charge is 2.35. The summed E-state index contributed by atoms with van der Waals surface area (Å²) in [5.41, 5.74) is 4.08. The van der Waals surface area contributed by atoms with Crippen molar-refractivity contribution >= 4 is 5.71 Å². The Labute approximate surface area is 120 Å². The number of benzene rings is 2. The zero-order chi connectivity index (χ0) is 14.2. The van der Waals surface area contributed by atoms with Gasteiger partial charge in [-0.15, -0.1) is 0 Å². The van der Waals surface area contributed by atoms with Gasteiger partial charge in [-0.2, -0.15) is 0 Å². The molecule has 1 aliphatic heterocycles. The summed E-state index contributed by atoms with van der Waals surface area (Å²) in [5.74, 6) is 0. The molecule has 2 aromatic rings. The van der Waals surface area contributed by atoms with Crippen molar-refractivity contribution in [3.05, 3.63) is 71.3 Å². The summed E-state index contributed by atoms with van der Waals surface area (Å²) < 4.78 is 6.14. The molecule has 2 aromatic carbocycles. The number of nitrogens with zero attached hydrogens (tertiary/aromatic N) is 1. The van der Waals surface area contributed by atoms with Gasteiger partial charge in [0, 0.05) is 0 Å². The van der Waals surface area contributed by atoms with E-state index in [1.165, 1.54) is 5.56 Å². The predicted octanol–water partition coefficient (Wildman–Crippen LogP) is 4.29. The topological polar surface area (TPSA) is 21.6 Å². The van der Waals surface area contributed by atoms with Crippen LogP contribution in [0.5, 0.6) is 0 Å². The van der Waals surface area contributed by atoms with Crippen molar-refractivity contribution < 1.29 is 4.74 Å². The van der Waals surface area contributed by atoms with Gasteiger partial charge >= 0.3 is 0 Å². The lowest BCUT2D eigenvalue weighted by atomic mass is 9.98. The number of hydrogen-bond acceptors (Lipinski definition) is 2. The molecule has 2 nitrogen and oxygen atoms in total. The zero-order valence-electron chi connectivity index (χ0n) is 12.1. The molecule has 0 N–H and O–H groups in total. The summed E-state index contributed by atoms with van der Waals surface area (Å²) in [6, 6.07) is 18.8. The summed E-state index contributed by atoms with van der Waals surface area (Å²) in [6.45, 7) is 6.10. The van der Waals surface area contributed by atoms with Gasteiger partial charge in [0.25, 0.3) is 0 Å². The van der Waals surface area contributed by atoms with E-state index in [0.29, 0.717) is 0 Å². The van der Waals surface area contributed by atoms with Gasteiger partial charge in [0.05, 0.1) is 5.71 Å². The largest absolute Gasteiger partial charge is 0.340 e. The van der Waals surface area contributed by atoms with Gasteiger partial charge in [-0.25, -0.2) is 0 Å². The van der Waals surface area contributed by atoms with E-state index in [1.54, 1.807) is 0 Å². The molecule has 20 heavy (non-hydrogen) atoms. The smallest absolute Gasteiger partial charge is 0.155 e. The number of aryl methyl sites for hydroxylation is 1. The summed E-state index contributed by atoms with van der Waals surface area (Å²) >= 11 is 0. The van der Waals surface area contributed by atoms with Crippen molar-refractivity contribution in [3.63, 3.8) is 0 Å². The van der Waals surface area contributed by atoms with Crippen LogP contribution in [0.3, 0.4) is 0 Å². The third-order valence-electron chi connectivity index (χ3n) is 3.49. The van der Waals surface area contributed by atoms with Gasteiger partial charge in [0.15, 0.2) is 5.72 Å². The van der Waals surface area contributed by atoms with E-state index >= 15 is 0 Å². The second-order valence-corrected chi connectivity index (χ2v) is 5.72. The maximum Gasteiger partial charge on any atom is 0.155 e. The predicted molar refractivity (Wildman–Crippen MR) is 82.1 cm³/mol. The first kappa shape index (κ1) is 13.1. The summed E-state index contributed by atoms with van der Waals surface area (Å²) in [5, 5.41) is 0. The first-order valence-electron chi connectivity index (χ1n) is 6.95. The van der Waals surface area contributed by atoms with Crippen LogP contribution in [-0.2, 0) is 4.74 Å². The fourth-order valence-corrected chi connectivity index (χ4v) is 2.51. The van der Waals surface area contributed by atoms with Crippen LogP contribution in [0.25, 0.3) is 0 Å². The summed E-state index contributed by atoms with van der Waals surface area (Å²) in [4.78, 5) is 4.77. The molecule has 0 aromatic heterocycles. The molecule has 1 heterocycles. The molecule has 0 aliphatic carbocycles. The van der Waals surface area contributed by atoms with Gasteiger partial charge in [0.2, 0.25) is 0 Å². The van der Waals surface area contributed by atoms with Crippen LogP contribution in [-0.4, -0.2) is 11.4 Å². The zero-order valence-corrected chi connectivity index (χ0v) is 12.1. The molecular formula is C18H19NO. The van der Waals surface area contributed by atoms with Crippen LogP contribution in [0, 0.1) is 6.92 Å². The highest BCUT2D eigenvalue weighted by Crippen LogP contribution is 2.35. The molecule has 102 valence electrons. The lowest BCUT2D eigenvalue weighted by molar-refractivity contribution is -0.0160. The van der Waals surface area contributed by atoms with Crippen LogP contribution in [0.15, 0.2) is 59.6 Å². The molecule has 0 bridgehead atoms. The van der Waals surface area contributed by atoms with Gasteiger partial charge in [0.1, 0.15) is 6.10 Å². The molecule has 1 aliphatic rings. The van der Waals surface area contributed by atoms with E-state index in [0.717, 1.165) is 16.8 Å². The van der Waals surface area contributed by atoms with Crippen LogP contribution >= 0.6 is 0 Å². The van der Waals surface area contributed by atoms with Crippen molar-refractivity contribution in [2.75, 3.05) is 0 Å². The van der Waals surface area contributed by atoms with Crippen molar-refractivity contribution in [1.29, 1.82) is 0 Å². The molecule has 0 saturated carbocycles. The Hall–Kier alpha value is -1.93. The minimum atomic E-state index is -0.472. The third kappa shape index (κ3) is 2.52. The van der Waals surface area contributed by atoms with Crippen LogP contribution in [0.4, 0.5) is 0 Å². The third-order valence-corrected chi connectivity index (χ3v) is 3.49. The maximum atomic E-state index is 6.14. The molecule has 0 spiro atoms. The maximum absolute atomic E-state index is 6.14. The summed E-state index contributed by atoms with van der Waals surface area (Å²) in [6.07, 6.45) is -0.0898. The Morgan fingerprint density at radius 3 is 2.25 bits per heavy atom. The molecular weight excluding hydrogens is 246 g/mol. The molecule has 1 unspecified atom stereocenters. The lowest BCUT2D eigenvalue weighted by Gasteiger charge is -2.18. The Morgan fingerprint density at radius 2 is 1.60 bits per heavy atom. The van der Waals surface area contributed by atoms with Crippen LogP contribution in [0.1, 0.15) is 36.6 Å². The van der Waals surface area contributed by atoms with Crippen LogP contribution < -0.4 is 0 Å². The molecule has 0 saturated heterocycles. The van der Waals surface area contributed by atoms with Crippen molar-refractivity contribution in [2.45, 2.75) is 32.6 Å². The fraction of sp³-hybridized carbons (Fsp3) is 0.278. The fourth-order valence-electron chi connectivity index (χ4n) is 2.51. The van der Waals surface area contributed by atoms with E-state index in [-0.39, 0.29) is 6.10 Å². The Morgan fingerprint density at radius 1 is 0.950 bits per heavy atom. The average Bonchev–Trinajstić information content (AvgIpc) is 2.77. The Kier molecular flexibility index (Phi) is 3.19. The van der Waals surface area contributed by atoms with E-state index in [1.807, 2.05) is 32.0 Å². The SMILES string of the molecule is Cc1ccc(C2OC(C)(C)N=C2c2ccccc2)cc1. The highest BCUT2D eigenvalue weighted by atomic mass is 16.5. The number of aliphatic imine (C=N–C) groups is 1. The minimum Gasteiger partial charge on any atom is -0.340 e. The second-order valence-electron chi connectivity index (χ2n) is 5.72. The van der Waals surface area contributed by atoms with Crippen LogP contribution in [0.2, 0.25) is 0 Å². The van der Waals surface area contributed by atoms with E-state index < -0.39 is 5.72 Å². The minimum absolute atomic E-state index is 0.0898. The first-order valence-corrected chi connectivity index (χ1v) is 6.95. The average molecular weight is 265 g/mol. The van der Waals surface area contributed by atoms with E-state index in [4.69, 9.17) is 9.73 Å².